The van der Waals surface area contributed by atoms with Crippen molar-refractivity contribution in [3.8, 4) is 11.5 Å². The van der Waals surface area contributed by atoms with E-state index in [9.17, 15) is 19.8 Å². The van der Waals surface area contributed by atoms with E-state index >= 15 is 0 Å². The summed E-state index contributed by atoms with van der Waals surface area (Å²) in [6.45, 7) is 3.83. The van der Waals surface area contributed by atoms with Gasteiger partial charge in [0.15, 0.2) is 5.57 Å². The maximum Gasteiger partial charge on any atom is 0.344 e. The van der Waals surface area contributed by atoms with Crippen molar-refractivity contribution in [1.82, 2.24) is 9.97 Å². The number of ether oxygens (including phenoxy) is 1. The molecule has 2 N–H and O–H groups in total. The zero-order valence-electron chi connectivity index (χ0n) is 16.6. The third kappa shape index (κ3) is 4.22. The van der Waals surface area contributed by atoms with Gasteiger partial charge in [-0.2, -0.15) is 0 Å². The molecule has 0 saturated carbocycles. The lowest BCUT2D eigenvalue weighted by Gasteiger charge is -2.26. The highest BCUT2D eigenvalue weighted by Gasteiger charge is 2.26. The topological polar surface area (TPSA) is 113 Å². The Labute approximate surface area is 173 Å². The number of carboxylic acids is 2. The molecule has 0 fully saturated rings. The molecule has 0 aliphatic heterocycles. The lowest BCUT2D eigenvalue weighted by molar-refractivity contribution is -0.140. The molecule has 154 valence electrons. The van der Waals surface area contributed by atoms with E-state index in [1.165, 1.54) is 6.33 Å². The summed E-state index contributed by atoms with van der Waals surface area (Å²) in [6, 6.07) is 14.6. The van der Waals surface area contributed by atoms with E-state index in [0.717, 1.165) is 0 Å². The molecular formula is C22H21N3O5. The summed E-state index contributed by atoms with van der Waals surface area (Å²) in [6.07, 6.45) is 1.57. The van der Waals surface area contributed by atoms with Gasteiger partial charge in [0.2, 0.25) is 0 Å². The Kier molecular flexibility index (Phi) is 6.26. The first-order valence-corrected chi connectivity index (χ1v) is 9.41. The molecule has 0 atom stereocenters. The first-order valence-electron chi connectivity index (χ1n) is 9.41. The van der Waals surface area contributed by atoms with Gasteiger partial charge in [-0.05, 0) is 43.7 Å². The summed E-state index contributed by atoms with van der Waals surface area (Å²) < 4.78 is 5.89. The Balaban J connectivity index is 2.15. The summed E-state index contributed by atoms with van der Waals surface area (Å²) in [5, 5.41) is 19.5. The van der Waals surface area contributed by atoms with Crippen LogP contribution in [0.3, 0.4) is 0 Å². The Morgan fingerprint density at radius 2 is 1.67 bits per heavy atom. The molecule has 8 heteroatoms. The van der Waals surface area contributed by atoms with Crippen molar-refractivity contribution < 1.29 is 24.5 Å². The number of rotatable bonds is 8. The first kappa shape index (κ1) is 20.8. The fourth-order valence-corrected chi connectivity index (χ4v) is 3.23. The molecule has 0 spiro atoms. The van der Waals surface area contributed by atoms with Crippen LogP contribution in [0.5, 0.6) is 11.5 Å². The van der Waals surface area contributed by atoms with E-state index in [0.29, 0.717) is 34.8 Å². The second-order valence-electron chi connectivity index (χ2n) is 6.32. The van der Waals surface area contributed by atoms with Crippen molar-refractivity contribution in [2.45, 2.75) is 20.3 Å². The van der Waals surface area contributed by atoms with E-state index in [-0.39, 0.29) is 12.1 Å². The molecule has 1 heterocycles. The van der Waals surface area contributed by atoms with Crippen LogP contribution in [0.2, 0.25) is 0 Å². The fraction of sp³-hybridized carbons (Fsp3) is 0.182. The van der Waals surface area contributed by atoms with Gasteiger partial charge in [-0.15, -0.1) is 0 Å². The summed E-state index contributed by atoms with van der Waals surface area (Å²) in [5.74, 6) is -1.36. The summed E-state index contributed by atoms with van der Waals surface area (Å²) in [4.78, 5) is 33.4. The molecule has 0 aliphatic carbocycles. The van der Waals surface area contributed by atoms with Gasteiger partial charge in [-0.3, -0.25) is 0 Å². The van der Waals surface area contributed by atoms with Crippen molar-refractivity contribution in [2.24, 2.45) is 0 Å². The Morgan fingerprint density at radius 3 is 2.27 bits per heavy atom. The molecule has 1 aromatic heterocycles. The Morgan fingerprint density at radius 1 is 0.967 bits per heavy atom. The molecule has 0 unspecified atom stereocenters. The molecular weight excluding hydrogens is 386 g/mol. The Bertz CT molecular complexity index is 1100. The van der Waals surface area contributed by atoms with Crippen molar-refractivity contribution >= 4 is 28.7 Å². The molecule has 3 rings (SSSR count). The van der Waals surface area contributed by atoms with Gasteiger partial charge < -0.3 is 19.8 Å². The minimum atomic E-state index is -1.50. The first-order chi connectivity index (χ1) is 14.5. The van der Waals surface area contributed by atoms with Crippen molar-refractivity contribution in [3.05, 3.63) is 66.1 Å². The smallest absolute Gasteiger partial charge is 0.344 e. The van der Waals surface area contributed by atoms with Crippen LogP contribution >= 0.6 is 0 Å². The normalized spacial score (nSPS) is 10.5. The molecule has 0 bridgehead atoms. The fourth-order valence-electron chi connectivity index (χ4n) is 3.23. The summed E-state index contributed by atoms with van der Waals surface area (Å²) >= 11 is 0. The van der Waals surface area contributed by atoms with E-state index in [1.807, 2.05) is 30.3 Å². The number of para-hydroxylation sites is 1. The van der Waals surface area contributed by atoms with Crippen LogP contribution < -0.4 is 9.64 Å². The van der Waals surface area contributed by atoms with Crippen LogP contribution in [-0.2, 0) is 9.59 Å². The van der Waals surface area contributed by atoms with Crippen molar-refractivity contribution in [2.75, 3.05) is 11.4 Å². The lowest BCUT2D eigenvalue weighted by Crippen LogP contribution is -2.28. The molecule has 3 aromatic rings. The standard InChI is InChI=1S/C22H21N3O5/c1-3-18(19(21(26)27)22(28)29)25(4-2)20-16-12-15(10-11-17(16)23-13-24-20)30-14-8-6-5-7-9-14/h5-13H,3-4H2,1-2H3,(H,26,27)(H,28,29). The highest BCUT2D eigenvalue weighted by molar-refractivity contribution is 6.13. The highest BCUT2D eigenvalue weighted by Crippen LogP contribution is 2.32. The highest BCUT2D eigenvalue weighted by atomic mass is 16.5. The number of benzene rings is 2. The predicted octanol–water partition coefficient (Wildman–Crippen LogP) is 4.08. The van der Waals surface area contributed by atoms with Gasteiger partial charge in [-0.1, -0.05) is 25.1 Å². The largest absolute Gasteiger partial charge is 0.477 e. The Hall–Kier alpha value is -3.94. The van der Waals surface area contributed by atoms with Crippen molar-refractivity contribution in [3.63, 3.8) is 0 Å². The molecule has 8 nitrogen and oxygen atoms in total. The van der Waals surface area contributed by atoms with E-state index in [4.69, 9.17) is 4.74 Å². The number of allylic oxidation sites excluding steroid dienone is 1. The molecule has 0 aliphatic rings. The molecule has 0 saturated heterocycles. The van der Waals surface area contributed by atoms with Crippen LogP contribution in [0, 0.1) is 0 Å². The zero-order valence-corrected chi connectivity index (χ0v) is 16.6. The van der Waals surface area contributed by atoms with Gasteiger partial charge in [-0.25, -0.2) is 19.6 Å². The minimum absolute atomic E-state index is 0.159. The third-order valence-corrected chi connectivity index (χ3v) is 4.51. The summed E-state index contributed by atoms with van der Waals surface area (Å²) in [7, 11) is 0. The van der Waals surface area contributed by atoms with Gasteiger partial charge in [0, 0.05) is 17.6 Å². The average molecular weight is 407 g/mol. The SMILES string of the molecule is CCC(=C(C(=O)O)C(=O)O)N(CC)c1ncnc2ccc(Oc3ccccc3)cc12. The van der Waals surface area contributed by atoms with Gasteiger partial charge >= 0.3 is 11.9 Å². The van der Waals surface area contributed by atoms with Crippen LogP contribution in [-0.4, -0.2) is 38.7 Å². The second-order valence-corrected chi connectivity index (χ2v) is 6.32. The number of hydrogen-bond acceptors (Lipinski definition) is 6. The number of aliphatic carboxylic acids is 2. The molecule has 0 amide bonds. The predicted molar refractivity (Wildman–Crippen MR) is 112 cm³/mol. The monoisotopic (exact) mass is 407 g/mol. The number of carboxylic acid groups (broad SMARTS) is 2. The summed E-state index contributed by atoms with van der Waals surface area (Å²) in [5.41, 5.74) is 0.108. The van der Waals surface area contributed by atoms with Crippen LogP contribution in [0.25, 0.3) is 10.9 Å². The van der Waals surface area contributed by atoms with E-state index in [1.54, 1.807) is 36.9 Å². The number of nitrogens with zero attached hydrogens (tertiary/aromatic N) is 3. The number of aromatic nitrogens is 2. The molecule has 0 radical (unpaired) electrons. The maximum atomic E-state index is 11.6. The number of fused-ring (bicyclic) bond motifs is 1. The van der Waals surface area contributed by atoms with E-state index < -0.39 is 17.5 Å². The zero-order chi connectivity index (χ0) is 21.7. The molecule has 2 aromatic carbocycles. The third-order valence-electron chi connectivity index (χ3n) is 4.51. The van der Waals surface area contributed by atoms with Gasteiger partial charge in [0.25, 0.3) is 0 Å². The number of hydrogen-bond donors (Lipinski definition) is 2. The minimum Gasteiger partial charge on any atom is -0.477 e. The van der Waals surface area contributed by atoms with Crippen LogP contribution in [0.4, 0.5) is 5.82 Å². The quantitative estimate of drug-likeness (QED) is 0.326. The molecule has 30 heavy (non-hydrogen) atoms. The van der Waals surface area contributed by atoms with Gasteiger partial charge in [0.1, 0.15) is 23.6 Å². The van der Waals surface area contributed by atoms with Gasteiger partial charge in [0.05, 0.1) is 5.52 Å². The van der Waals surface area contributed by atoms with E-state index in [2.05, 4.69) is 9.97 Å². The average Bonchev–Trinajstić information content (AvgIpc) is 2.73. The maximum absolute atomic E-state index is 11.6. The lowest BCUT2D eigenvalue weighted by atomic mass is 10.1. The number of carbonyl (C=O) groups is 2. The van der Waals surface area contributed by atoms with Crippen molar-refractivity contribution in [1.29, 1.82) is 0 Å². The second kappa shape index (κ2) is 9.04. The van der Waals surface area contributed by atoms with Crippen LogP contribution in [0.1, 0.15) is 20.3 Å². The number of anilines is 1. The van der Waals surface area contributed by atoms with Crippen LogP contribution in [0.15, 0.2) is 66.1 Å².